The number of halogens is 1. The van der Waals surface area contributed by atoms with Gasteiger partial charge < -0.3 is 9.88 Å². The quantitative estimate of drug-likeness (QED) is 0.795. The summed E-state index contributed by atoms with van der Waals surface area (Å²) in [6.45, 7) is 2.62. The molecule has 0 fully saturated rings. The van der Waals surface area contributed by atoms with Crippen molar-refractivity contribution in [2.75, 3.05) is 7.05 Å². The van der Waals surface area contributed by atoms with E-state index < -0.39 is 0 Å². The molecule has 4 heteroatoms. The summed E-state index contributed by atoms with van der Waals surface area (Å²) in [5.74, 6) is -0.194. The van der Waals surface area contributed by atoms with E-state index in [4.69, 9.17) is 0 Å². The molecule has 1 aromatic heterocycles. The van der Waals surface area contributed by atoms with E-state index in [9.17, 15) is 4.39 Å². The molecule has 0 aliphatic carbocycles. The summed E-state index contributed by atoms with van der Waals surface area (Å²) in [6.07, 6.45) is 1.83. The molecule has 1 heterocycles. The number of nitrogens with one attached hydrogen (secondary N) is 1. The fourth-order valence-electron chi connectivity index (χ4n) is 2.68. The van der Waals surface area contributed by atoms with Crippen LogP contribution in [0.2, 0.25) is 0 Å². The number of fused-ring (bicyclic) bond motifs is 1. The summed E-state index contributed by atoms with van der Waals surface area (Å²) in [5.41, 5.74) is 3.95. The van der Waals surface area contributed by atoms with Gasteiger partial charge in [0.25, 0.3) is 0 Å². The van der Waals surface area contributed by atoms with Crippen molar-refractivity contribution in [2.45, 2.75) is 19.5 Å². The average molecular weight is 283 g/mol. The van der Waals surface area contributed by atoms with Crippen molar-refractivity contribution in [3.05, 3.63) is 65.7 Å². The molecule has 0 radical (unpaired) electrons. The van der Waals surface area contributed by atoms with E-state index in [-0.39, 0.29) is 11.9 Å². The monoisotopic (exact) mass is 283 g/mol. The Morgan fingerprint density at radius 2 is 2.05 bits per heavy atom. The number of hydrogen-bond donors (Lipinski definition) is 1. The molecule has 0 bridgehead atoms. The summed E-state index contributed by atoms with van der Waals surface area (Å²) in [6, 6.07) is 13.2. The molecular formula is C17H18FN3. The van der Waals surface area contributed by atoms with Crippen LogP contribution in [0.3, 0.4) is 0 Å². The highest BCUT2D eigenvalue weighted by Gasteiger charge is 2.13. The van der Waals surface area contributed by atoms with Crippen LogP contribution in [-0.2, 0) is 6.54 Å². The SMILES string of the molecule is CNC(Cn1cnc2ccccc21)c1cc(C)cc(F)c1. The zero-order valence-corrected chi connectivity index (χ0v) is 12.2. The van der Waals surface area contributed by atoms with Crippen molar-refractivity contribution in [2.24, 2.45) is 0 Å². The zero-order chi connectivity index (χ0) is 14.8. The Labute approximate surface area is 123 Å². The van der Waals surface area contributed by atoms with Crippen LogP contribution < -0.4 is 5.32 Å². The number of aryl methyl sites for hydroxylation is 1. The molecule has 0 aliphatic heterocycles. The van der Waals surface area contributed by atoms with E-state index in [1.807, 2.05) is 50.6 Å². The summed E-state index contributed by atoms with van der Waals surface area (Å²) < 4.78 is 15.7. The lowest BCUT2D eigenvalue weighted by molar-refractivity contribution is 0.503. The fraction of sp³-hybridized carbons (Fsp3) is 0.235. The lowest BCUT2D eigenvalue weighted by Crippen LogP contribution is -2.22. The molecule has 1 atom stereocenters. The van der Waals surface area contributed by atoms with Crippen LogP contribution in [0.25, 0.3) is 11.0 Å². The van der Waals surface area contributed by atoms with Gasteiger partial charge in [0.15, 0.2) is 0 Å². The van der Waals surface area contributed by atoms with Gasteiger partial charge in [0.05, 0.1) is 23.4 Å². The maximum absolute atomic E-state index is 13.6. The standard InChI is InChI=1S/C17H18FN3/c1-12-7-13(9-14(18)8-12)16(19-2)10-21-11-20-15-5-3-4-6-17(15)21/h3-9,11,16,19H,10H2,1-2H3. The minimum Gasteiger partial charge on any atom is -0.329 e. The van der Waals surface area contributed by atoms with E-state index in [0.717, 1.165) is 22.2 Å². The van der Waals surface area contributed by atoms with Gasteiger partial charge in [-0.15, -0.1) is 0 Å². The molecule has 21 heavy (non-hydrogen) atoms. The van der Waals surface area contributed by atoms with Gasteiger partial charge >= 0.3 is 0 Å². The zero-order valence-electron chi connectivity index (χ0n) is 12.2. The number of nitrogens with zero attached hydrogens (tertiary/aromatic N) is 2. The Balaban J connectivity index is 1.94. The predicted molar refractivity (Wildman–Crippen MR) is 82.7 cm³/mol. The second kappa shape index (κ2) is 5.66. The van der Waals surface area contributed by atoms with Crippen LogP contribution in [0, 0.1) is 12.7 Å². The molecule has 3 rings (SSSR count). The lowest BCUT2D eigenvalue weighted by atomic mass is 10.0. The Hall–Kier alpha value is -2.20. The number of hydrogen-bond acceptors (Lipinski definition) is 2. The molecule has 1 unspecified atom stereocenters. The number of aromatic nitrogens is 2. The van der Waals surface area contributed by atoms with E-state index in [1.54, 1.807) is 12.1 Å². The highest BCUT2D eigenvalue weighted by molar-refractivity contribution is 5.74. The first-order valence-corrected chi connectivity index (χ1v) is 7.01. The minimum absolute atomic E-state index is 0.0389. The molecule has 3 nitrogen and oxygen atoms in total. The van der Waals surface area contributed by atoms with Gasteiger partial charge in [0.1, 0.15) is 5.82 Å². The second-order valence-electron chi connectivity index (χ2n) is 5.29. The third kappa shape index (κ3) is 2.81. The largest absolute Gasteiger partial charge is 0.329 e. The molecule has 0 spiro atoms. The van der Waals surface area contributed by atoms with E-state index in [1.165, 1.54) is 0 Å². The molecule has 0 amide bonds. The van der Waals surface area contributed by atoms with Crippen LogP contribution in [0.15, 0.2) is 48.8 Å². The Bertz CT molecular complexity index is 743. The summed E-state index contributed by atoms with van der Waals surface area (Å²) in [7, 11) is 1.89. The molecule has 0 saturated heterocycles. The number of imidazole rings is 1. The van der Waals surface area contributed by atoms with Crippen molar-refractivity contribution in [3.63, 3.8) is 0 Å². The van der Waals surface area contributed by atoms with E-state index in [0.29, 0.717) is 6.54 Å². The fourth-order valence-corrected chi connectivity index (χ4v) is 2.68. The van der Waals surface area contributed by atoms with Crippen LogP contribution in [0.4, 0.5) is 4.39 Å². The highest BCUT2D eigenvalue weighted by Crippen LogP contribution is 2.20. The smallest absolute Gasteiger partial charge is 0.123 e. The molecule has 108 valence electrons. The number of likely N-dealkylation sites (N-methyl/N-ethyl adjacent to an activating group) is 1. The van der Waals surface area contributed by atoms with Gasteiger partial charge in [-0.1, -0.05) is 18.2 Å². The summed E-state index contributed by atoms with van der Waals surface area (Å²) in [4.78, 5) is 4.40. The van der Waals surface area contributed by atoms with Crippen LogP contribution in [0.5, 0.6) is 0 Å². The Morgan fingerprint density at radius 1 is 1.24 bits per heavy atom. The van der Waals surface area contributed by atoms with Crippen molar-refractivity contribution >= 4 is 11.0 Å². The average Bonchev–Trinajstić information content (AvgIpc) is 2.87. The van der Waals surface area contributed by atoms with Gasteiger partial charge in [-0.2, -0.15) is 0 Å². The van der Waals surface area contributed by atoms with Crippen LogP contribution in [0.1, 0.15) is 17.2 Å². The van der Waals surface area contributed by atoms with Crippen molar-refractivity contribution in [1.29, 1.82) is 0 Å². The number of rotatable bonds is 4. The maximum Gasteiger partial charge on any atom is 0.123 e. The first-order valence-electron chi connectivity index (χ1n) is 7.01. The molecule has 0 saturated carbocycles. The number of para-hydroxylation sites is 2. The van der Waals surface area contributed by atoms with Crippen LogP contribution in [-0.4, -0.2) is 16.6 Å². The molecule has 3 aromatic rings. The Morgan fingerprint density at radius 3 is 2.81 bits per heavy atom. The summed E-state index contributed by atoms with van der Waals surface area (Å²) in [5, 5.41) is 3.26. The molecule has 1 N–H and O–H groups in total. The van der Waals surface area contributed by atoms with E-state index >= 15 is 0 Å². The predicted octanol–water partition coefficient (Wildman–Crippen LogP) is 3.44. The number of benzene rings is 2. The van der Waals surface area contributed by atoms with Crippen LogP contribution >= 0.6 is 0 Å². The highest BCUT2D eigenvalue weighted by atomic mass is 19.1. The maximum atomic E-state index is 13.6. The summed E-state index contributed by atoms with van der Waals surface area (Å²) >= 11 is 0. The Kier molecular flexibility index (Phi) is 3.71. The molecular weight excluding hydrogens is 265 g/mol. The van der Waals surface area contributed by atoms with Gasteiger partial charge in [-0.05, 0) is 49.4 Å². The minimum atomic E-state index is -0.194. The third-order valence-corrected chi connectivity index (χ3v) is 3.72. The van der Waals surface area contributed by atoms with Crippen molar-refractivity contribution in [1.82, 2.24) is 14.9 Å². The molecule has 2 aromatic carbocycles. The first kappa shape index (κ1) is 13.8. The lowest BCUT2D eigenvalue weighted by Gasteiger charge is -2.18. The van der Waals surface area contributed by atoms with Gasteiger partial charge in [0.2, 0.25) is 0 Å². The van der Waals surface area contributed by atoms with Gasteiger partial charge in [0, 0.05) is 6.54 Å². The second-order valence-corrected chi connectivity index (χ2v) is 5.29. The van der Waals surface area contributed by atoms with Gasteiger partial charge in [-0.25, -0.2) is 9.37 Å². The first-order chi connectivity index (χ1) is 10.2. The normalized spacial score (nSPS) is 12.7. The van der Waals surface area contributed by atoms with Crippen molar-refractivity contribution < 1.29 is 4.39 Å². The van der Waals surface area contributed by atoms with E-state index in [2.05, 4.69) is 14.9 Å². The van der Waals surface area contributed by atoms with Gasteiger partial charge in [-0.3, -0.25) is 0 Å². The van der Waals surface area contributed by atoms with Crippen molar-refractivity contribution in [3.8, 4) is 0 Å². The topological polar surface area (TPSA) is 29.9 Å². The molecule has 0 aliphatic rings. The third-order valence-electron chi connectivity index (χ3n) is 3.72.